The van der Waals surface area contributed by atoms with Gasteiger partial charge in [0.15, 0.2) is 0 Å². The molecule has 7 atom stereocenters. The summed E-state index contributed by atoms with van der Waals surface area (Å²) in [6, 6.07) is 13.7. The standard InChI is InChI=1S/C26H22BrClN2O3/c27-19-9-6-14(11-20(19)28)29-24(31)21(10-13-4-2-1-3-5-13)30-25(32)22-15-7-8-16(18-12-17(15)18)23(22)26(30)33/h1-9,11,15-18,21-23H,10,12H2,(H,29,31)/t15-,16-,17-,18-,21-,22-,23+/m0/s1. The first-order chi connectivity index (χ1) is 15.9. The molecule has 33 heavy (non-hydrogen) atoms. The fourth-order valence-corrected chi connectivity index (χ4v) is 6.65. The van der Waals surface area contributed by atoms with E-state index in [9.17, 15) is 14.4 Å². The Morgan fingerprint density at radius 2 is 1.67 bits per heavy atom. The molecule has 1 N–H and O–H groups in total. The van der Waals surface area contributed by atoms with Gasteiger partial charge in [-0.1, -0.05) is 54.1 Å². The second-order valence-electron chi connectivity index (χ2n) is 9.52. The molecule has 2 saturated carbocycles. The summed E-state index contributed by atoms with van der Waals surface area (Å²) in [4.78, 5) is 42.1. The van der Waals surface area contributed by atoms with Gasteiger partial charge in [-0.15, -0.1) is 0 Å². The van der Waals surface area contributed by atoms with Crippen LogP contribution in [0.3, 0.4) is 0 Å². The number of benzene rings is 2. The summed E-state index contributed by atoms with van der Waals surface area (Å²) >= 11 is 9.55. The minimum Gasteiger partial charge on any atom is -0.324 e. The maximum absolute atomic E-state index is 13.7. The lowest BCUT2D eigenvalue weighted by atomic mass is 9.63. The van der Waals surface area contributed by atoms with Crippen LogP contribution in [0.25, 0.3) is 0 Å². The Morgan fingerprint density at radius 3 is 2.27 bits per heavy atom. The summed E-state index contributed by atoms with van der Waals surface area (Å²) in [6.45, 7) is 0. The Kier molecular flexibility index (Phi) is 5.00. The zero-order valence-corrected chi connectivity index (χ0v) is 20.0. The van der Waals surface area contributed by atoms with Gasteiger partial charge in [0.05, 0.1) is 16.9 Å². The van der Waals surface area contributed by atoms with Crippen LogP contribution in [0.1, 0.15) is 12.0 Å². The summed E-state index contributed by atoms with van der Waals surface area (Å²) in [5.74, 6) is -0.154. The number of halogens is 2. The predicted octanol–water partition coefficient (Wildman–Crippen LogP) is 4.71. The van der Waals surface area contributed by atoms with E-state index in [1.165, 1.54) is 4.90 Å². The van der Waals surface area contributed by atoms with Gasteiger partial charge < -0.3 is 5.32 Å². The third-order valence-electron chi connectivity index (χ3n) is 7.77. The molecule has 5 aliphatic rings. The van der Waals surface area contributed by atoms with Gasteiger partial charge >= 0.3 is 0 Å². The molecular formula is C26H22BrClN2O3. The maximum atomic E-state index is 13.7. The van der Waals surface area contributed by atoms with Gasteiger partial charge in [0.25, 0.3) is 0 Å². The number of anilines is 1. The first-order valence-electron chi connectivity index (χ1n) is 11.3. The molecule has 7 heteroatoms. The first kappa shape index (κ1) is 21.1. The lowest BCUT2D eigenvalue weighted by Gasteiger charge is -2.37. The van der Waals surface area contributed by atoms with Gasteiger partial charge in [-0.3, -0.25) is 19.3 Å². The SMILES string of the molecule is O=C(Nc1ccc(Br)c(Cl)c1)[C@H](Cc1ccccc1)N1C(=O)[C@@H]2[C@H]3C=C[C@@H]([C@@H]4C[C@@H]34)[C@@H]2C1=O. The summed E-state index contributed by atoms with van der Waals surface area (Å²) < 4.78 is 0.721. The summed E-state index contributed by atoms with van der Waals surface area (Å²) in [5, 5.41) is 3.35. The van der Waals surface area contributed by atoms with E-state index in [2.05, 4.69) is 33.4 Å². The fraction of sp³-hybridized carbons (Fsp3) is 0.346. The highest BCUT2D eigenvalue weighted by Gasteiger charge is 2.67. The van der Waals surface area contributed by atoms with Crippen LogP contribution in [-0.4, -0.2) is 28.7 Å². The van der Waals surface area contributed by atoms with Gasteiger partial charge in [0.1, 0.15) is 6.04 Å². The van der Waals surface area contributed by atoms with Gasteiger partial charge in [-0.2, -0.15) is 0 Å². The average molecular weight is 526 g/mol. The molecule has 0 spiro atoms. The van der Waals surface area contributed by atoms with Gasteiger partial charge in [-0.05, 0) is 69.8 Å². The molecular weight excluding hydrogens is 504 g/mol. The number of rotatable bonds is 5. The van der Waals surface area contributed by atoms with Crippen LogP contribution in [0.4, 0.5) is 5.69 Å². The third-order valence-corrected chi connectivity index (χ3v) is 9.00. The number of nitrogens with one attached hydrogen (secondary N) is 1. The molecule has 3 amide bonds. The summed E-state index contributed by atoms with van der Waals surface area (Å²) in [5.41, 5.74) is 1.41. The van der Waals surface area contributed by atoms with Crippen molar-refractivity contribution in [2.24, 2.45) is 35.5 Å². The second kappa shape index (κ2) is 7.81. The number of carbonyl (C=O) groups is 3. The van der Waals surface area contributed by atoms with Crippen LogP contribution in [0, 0.1) is 35.5 Å². The van der Waals surface area contributed by atoms with Crippen molar-refractivity contribution in [1.82, 2.24) is 4.90 Å². The van der Waals surface area contributed by atoms with Gasteiger partial charge in [-0.25, -0.2) is 0 Å². The average Bonchev–Trinajstić information content (AvgIpc) is 3.59. The van der Waals surface area contributed by atoms with Crippen LogP contribution in [-0.2, 0) is 20.8 Å². The number of carbonyl (C=O) groups excluding carboxylic acids is 3. The molecule has 5 nitrogen and oxygen atoms in total. The molecule has 1 saturated heterocycles. The molecule has 2 aromatic carbocycles. The molecule has 1 aliphatic heterocycles. The monoisotopic (exact) mass is 524 g/mol. The van der Waals surface area contributed by atoms with Crippen molar-refractivity contribution >= 4 is 50.9 Å². The van der Waals surface area contributed by atoms with Crippen molar-refractivity contribution in [2.45, 2.75) is 18.9 Å². The number of amides is 3. The number of nitrogens with zero attached hydrogens (tertiary/aromatic N) is 1. The molecule has 1 heterocycles. The van der Waals surface area contributed by atoms with Crippen molar-refractivity contribution < 1.29 is 14.4 Å². The van der Waals surface area contributed by atoms with Crippen molar-refractivity contribution in [1.29, 1.82) is 0 Å². The normalized spacial score (nSPS) is 31.9. The molecule has 4 aliphatic carbocycles. The van der Waals surface area contributed by atoms with E-state index in [0.717, 1.165) is 16.5 Å². The van der Waals surface area contributed by atoms with Crippen molar-refractivity contribution in [3.8, 4) is 0 Å². The van der Waals surface area contributed by atoms with Crippen LogP contribution in [0.15, 0.2) is 65.2 Å². The van der Waals surface area contributed by atoms with Crippen molar-refractivity contribution in [2.75, 3.05) is 5.32 Å². The highest BCUT2D eigenvalue weighted by atomic mass is 79.9. The van der Waals surface area contributed by atoms with Crippen LogP contribution < -0.4 is 5.32 Å². The van der Waals surface area contributed by atoms with E-state index in [-0.39, 0.29) is 47.8 Å². The number of imide groups is 1. The first-order valence-corrected chi connectivity index (χ1v) is 12.5. The number of hydrogen-bond donors (Lipinski definition) is 1. The Morgan fingerprint density at radius 1 is 1.03 bits per heavy atom. The summed E-state index contributed by atoms with van der Waals surface area (Å²) in [7, 11) is 0. The predicted molar refractivity (Wildman–Crippen MR) is 128 cm³/mol. The lowest BCUT2D eigenvalue weighted by molar-refractivity contribution is -0.146. The third kappa shape index (κ3) is 3.38. The van der Waals surface area contributed by atoms with E-state index in [1.54, 1.807) is 18.2 Å². The van der Waals surface area contributed by atoms with E-state index in [0.29, 0.717) is 22.5 Å². The Labute approximate surface area is 205 Å². The van der Waals surface area contributed by atoms with Gasteiger partial charge in [0, 0.05) is 16.6 Å². The Bertz CT molecular complexity index is 1160. The van der Waals surface area contributed by atoms with Crippen LogP contribution in [0.5, 0.6) is 0 Å². The second-order valence-corrected chi connectivity index (χ2v) is 10.8. The fourth-order valence-electron chi connectivity index (χ4n) is 6.23. The van der Waals surface area contributed by atoms with Gasteiger partial charge in [0.2, 0.25) is 17.7 Å². The molecule has 168 valence electrons. The highest BCUT2D eigenvalue weighted by molar-refractivity contribution is 9.10. The largest absolute Gasteiger partial charge is 0.324 e. The Balaban J connectivity index is 1.33. The molecule has 7 rings (SSSR count). The van der Waals surface area contributed by atoms with E-state index in [1.807, 2.05) is 30.3 Å². The molecule has 0 aromatic heterocycles. The number of allylic oxidation sites excluding steroid dienone is 2. The summed E-state index contributed by atoms with van der Waals surface area (Å²) in [6.07, 6.45) is 5.66. The van der Waals surface area contributed by atoms with Crippen molar-refractivity contribution in [3.05, 3.63) is 75.7 Å². The zero-order chi connectivity index (χ0) is 22.9. The highest BCUT2D eigenvalue weighted by Crippen LogP contribution is 2.65. The Hall–Kier alpha value is -2.44. The number of hydrogen-bond acceptors (Lipinski definition) is 3. The van der Waals surface area contributed by atoms with E-state index in [4.69, 9.17) is 11.6 Å². The number of likely N-dealkylation sites (tertiary alicyclic amines) is 1. The zero-order valence-electron chi connectivity index (χ0n) is 17.7. The maximum Gasteiger partial charge on any atom is 0.248 e. The topological polar surface area (TPSA) is 66.5 Å². The quantitative estimate of drug-likeness (QED) is 0.454. The molecule has 3 fully saturated rings. The lowest BCUT2D eigenvalue weighted by Crippen LogP contribution is -2.49. The minimum atomic E-state index is -0.920. The molecule has 2 bridgehead atoms. The molecule has 0 unspecified atom stereocenters. The smallest absolute Gasteiger partial charge is 0.248 e. The van der Waals surface area contributed by atoms with Crippen molar-refractivity contribution in [3.63, 3.8) is 0 Å². The van der Waals surface area contributed by atoms with Crippen LogP contribution in [0.2, 0.25) is 5.02 Å². The van der Waals surface area contributed by atoms with E-state index >= 15 is 0 Å². The minimum absolute atomic E-state index is 0.122. The molecule has 0 radical (unpaired) electrons. The van der Waals surface area contributed by atoms with E-state index < -0.39 is 6.04 Å². The van der Waals surface area contributed by atoms with Crippen LogP contribution >= 0.6 is 27.5 Å². The molecule has 2 aromatic rings.